The minimum atomic E-state index is -0.100. The molecule has 4 heteroatoms. The number of fused-ring (bicyclic) bond motifs is 1. The highest BCUT2D eigenvalue weighted by molar-refractivity contribution is 5.95. The Morgan fingerprint density at radius 3 is 2.76 bits per heavy atom. The van der Waals surface area contributed by atoms with Crippen LogP contribution in [0.2, 0.25) is 0 Å². The van der Waals surface area contributed by atoms with Crippen molar-refractivity contribution in [2.45, 2.75) is 51.0 Å². The maximum absolute atomic E-state index is 11.4. The normalized spacial score (nSPS) is 20.9. The second-order valence-electron chi connectivity index (χ2n) is 6.29. The quantitative estimate of drug-likeness (QED) is 0.838. The molecule has 4 nitrogen and oxygen atoms in total. The zero-order valence-electron chi connectivity index (χ0n) is 12.4. The van der Waals surface area contributed by atoms with Crippen molar-refractivity contribution in [1.29, 1.82) is 0 Å². The van der Waals surface area contributed by atoms with Crippen LogP contribution < -0.4 is 15.8 Å². The van der Waals surface area contributed by atoms with Gasteiger partial charge in [0, 0.05) is 6.04 Å². The fourth-order valence-electron chi connectivity index (χ4n) is 3.43. The van der Waals surface area contributed by atoms with Gasteiger partial charge in [-0.2, -0.15) is 0 Å². The van der Waals surface area contributed by atoms with Crippen LogP contribution in [0.15, 0.2) is 18.2 Å². The summed E-state index contributed by atoms with van der Waals surface area (Å²) in [5.41, 5.74) is 8.23. The lowest BCUT2D eigenvalue weighted by Crippen LogP contribution is -2.25. The summed E-state index contributed by atoms with van der Waals surface area (Å²) in [6.07, 6.45) is 9.06. The molecule has 1 heterocycles. The standard InChI is InChI=1S/C17H24N2O2/c18-14(9-12-5-3-1-2-4-6-12)13-7-8-16-15(10-13)19-17(20)11-21-16/h7-8,10,12,14H,1-6,9,11,18H2,(H,19,20). The average Bonchev–Trinajstić information content (AvgIpc) is 2.75. The van der Waals surface area contributed by atoms with Crippen molar-refractivity contribution in [3.8, 4) is 5.75 Å². The number of benzene rings is 1. The number of ether oxygens (including phenoxy) is 1. The first-order valence-corrected chi connectivity index (χ1v) is 8.04. The van der Waals surface area contributed by atoms with E-state index in [0.717, 1.165) is 29.3 Å². The van der Waals surface area contributed by atoms with E-state index in [-0.39, 0.29) is 18.6 Å². The van der Waals surface area contributed by atoms with Gasteiger partial charge in [-0.15, -0.1) is 0 Å². The summed E-state index contributed by atoms with van der Waals surface area (Å²) in [6, 6.07) is 5.94. The Kier molecular flexibility index (Phi) is 4.44. The summed E-state index contributed by atoms with van der Waals surface area (Å²) in [6.45, 7) is 0.0977. The lowest BCUT2D eigenvalue weighted by molar-refractivity contribution is -0.118. The third-order valence-electron chi connectivity index (χ3n) is 4.63. The molecule has 1 amide bonds. The lowest BCUT2D eigenvalue weighted by Gasteiger charge is -2.22. The minimum absolute atomic E-state index is 0.0391. The van der Waals surface area contributed by atoms with Crippen molar-refractivity contribution < 1.29 is 9.53 Å². The molecule has 1 aliphatic heterocycles. The third-order valence-corrected chi connectivity index (χ3v) is 4.63. The highest BCUT2D eigenvalue weighted by atomic mass is 16.5. The van der Waals surface area contributed by atoms with Crippen molar-refractivity contribution >= 4 is 11.6 Å². The van der Waals surface area contributed by atoms with Crippen LogP contribution in [0.25, 0.3) is 0 Å². The summed E-state index contributed by atoms with van der Waals surface area (Å²) in [4.78, 5) is 11.4. The van der Waals surface area contributed by atoms with Crippen molar-refractivity contribution in [1.82, 2.24) is 0 Å². The molecule has 0 spiro atoms. The molecule has 1 saturated carbocycles. The number of hydrogen-bond acceptors (Lipinski definition) is 3. The predicted octanol–water partition coefficient (Wildman–Crippen LogP) is 3.38. The van der Waals surface area contributed by atoms with E-state index < -0.39 is 0 Å². The molecule has 1 atom stereocenters. The molecule has 3 N–H and O–H groups in total. The fourth-order valence-corrected chi connectivity index (χ4v) is 3.43. The van der Waals surface area contributed by atoms with Gasteiger partial charge in [0.25, 0.3) is 5.91 Å². The number of carbonyl (C=O) groups excluding carboxylic acids is 1. The van der Waals surface area contributed by atoms with Crippen LogP contribution in [0.1, 0.15) is 56.6 Å². The van der Waals surface area contributed by atoms with Gasteiger partial charge in [-0.05, 0) is 30.0 Å². The first-order valence-electron chi connectivity index (χ1n) is 8.04. The molecule has 1 fully saturated rings. The number of carbonyl (C=O) groups is 1. The van der Waals surface area contributed by atoms with Gasteiger partial charge in [0.15, 0.2) is 6.61 Å². The van der Waals surface area contributed by atoms with Crippen molar-refractivity contribution in [3.05, 3.63) is 23.8 Å². The molecule has 1 unspecified atom stereocenters. The second kappa shape index (κ2) is 6.48. The summed E-state index contributed by atoms with van der Waals surface area (Å²) in [5, 5.41) is 2.85. The maximum Gasteiger partial charge on any atom is 0.262 e. The molecular formula is C17H24N2O2. The van der Waals surface area contributed by atoms with Crippen molar-refractivity contribution in [3.63, 3.8) is 0 Å². The third kappa shape index (κ3) is 3.56. The van der Waals surface area contributed by atoms with Crippen LogP contribution in [0, 0.1) is 5.92 Å². The van der Waals surface area contributed by atoms with E-state index in [1.165, 1.54) is 38.5 Å². The SMILES string of the molecule is NC(CC1CCCCCC1)c1ccc2c(c1)NC(=O)CO2. The molecular weight excluding hydrogens is 264 g/mol. The number of rotatable bonds is 3. The van der Waals surface area contributed by atoms with Gasteiger partial charge in [0.05, 0.1) is 5.69 Å². The molecule has 1 aromatic rings. The van der Waals surface area contributed by atoms with E-state index >= 15 is 0 Å². The molecule has 2 aliphatic rings. The molecule has 0 radical (unpaired) electrons. The summed E-state index contributed by atoms with van der Waals surface area (Å²) < 4.78 is 5.38. The van der Waals surface area contributed by atoms with E-state index in [0.29, 0.717) is 0 Å². The van der Waals surface area contributed by atoms with Crippen LogP contribution in [-0.4, -0.2) is 12.5 Å². The van der Waals surface area contributed by atoms with E-state index in [4.69, 9.17) is 10.5 Å². The largest absolute Gasteiger partial charge is 0.482 e. The highest BCUT2D eigenvalue weighted by Crippen LogP contribution is 2.34. The number of anilines is 1. The Hall–Kier alpha value is -1.55. The Bertz CT molecular complexity index is 508. The van der Waals surface area contributed by atoms with Crippen LogP contribution in [0.4, 0.5) is 5.69 Å². The van der Waals surface area contributed by atoms with E-state index in [2.05, 4.69) is 5.32 Å². The van der Waals surface area contributed by atoms with Crippen molar-refractivity contribution in [2.75, 3.05) is 11.9 Å². The van der Waals surface area contributed by atoms with Gasteiger partial charge < -0.3 is 15.8 Å². The summed E-state index contributed by atoms with van der Waals surface area (Å²) >= 11 is 0. The van der Waals surface area contributed by atoms with Gasteiger partial charge in [-0.1, -0.05) is 44.6 Å². The maximum atomic E-state index is 11.4. The number of hydrogen-bond donors (Lipinski definition) is 2. The zero-order chi connectivity index (χ0) is 14.7. The summed E-state index contributed by atoms with van der Waals surface area (Å²) in [7, 11) is 0. The molecule has 1 aliphatic carbocycles. The van der Waals surface area contributed by atoms with Crippen LogP contribution in [0.5, 0.6) is 5.75 Å². The van der Waals surface area contributed by atoms with Crippen molar-refractivity contribution in [2.24, 2.45) is 11.7 Å². The van der Waals surface area contributed by atoms with E-state index in [1.807, 2.05) is 18.2 Å². The zero-order valence-corrected chi connectivity index (χ0v) is 12.4. The highest BCUT2D eigenvalue weighted by Gasteiger charge is 2.20. The molecule has 3 rings (SSSR count). The van der Waals surface area contributed by atoms with E-state index in [9.17, 15) is 4.79 Å². The van der Waals surface area contributed by atoms with E-state index in [1.54, 1.807) is 0 Å². The smallest absolute Gasteiger partial charge is 0.262 e. The van der Waals surface area contributed by atoms with Gasteiger partial charge in [0.2, 0.25) is 0 Å². The van der Waals surface area contributed by atoms with Gasteiger partial charge in [-0.3, -0.25) is 4.79 Å². The minimum Gasteiger partial charge on any atom is -0.482 e. The Labute approximate surface area is 126 Å². The molecule has 114 valence electrons. The first-order chi connectivity index (χ1) is 10.2. The van der Waals surface area contributed by atoms with Crippen LogP contribution in [-0.2, 0) is 4.79 Å². The Morgan fingerprint density at radius 2 is 2.00 bits per heavy atom. The molecule has 21 heavy (non-hydrogen) atoms. The monoisotopic (exact) mass is 288 g/mol. The number of amides is 1. The topological polar surface area (TPSA) is 64.3 Å². The Morgan fingerprint density at radius 1 is 1.24 bits per heavy atom. The summed E-state index contributed by atoms with van der Waals surface area (Å²) in [5.74, 6) is 1.38. The molecule has 0 bridgehead atoms. The van der Waals surface area contributed by atoms with Crippen LogP contribution >= 0.6 is 0 Å². The van der Waals surface area contributed by atoms with Crippen LogP contribution in [0.3, 0.4) is 0 Å². The fraction of sp³-hybridized carbons (Fsp3) is 0.588. The predicted molar refractivity (Wildman–Crippen MR) is 83.3 cm³/mol. The average molecular weight is 288 g/mol. The number of nitrogens with two attached hydrogens (primary N) is 1. The lowest BCUT2D eigenvalue weighted by atomic mass is 9.90. The molecule has 0 aromatic heterocycles. The second-order valence-corrected chi connectivity index (χ2v) is 6.29. The first kappa shape index (κ1) is 14.4. The molecule has 1 aromatic carbocycles. The van der Waals surface area contributed by atoms with Gasteiger partial charge in [0.1, 0.15) is 5.75 Å². The number of nitrogens with one attached hydrogen (secondary N) is 1. The van der Waals surface area contributed by atoms with Gasteiger partial charge >= 0.3 is 0 Å². The van der Waals surface area contributed by atoms with Gasteiger partial charge in [-0.25, -0.2) is 0 Å². The Balaban J connectivity index is 1.68. The molecule has 0 saturated heterocycles.